The van der Waals surface area contributed by atoms with Crippen molar-refractivity contribution < 1.29 is 14.4 Å². The van der Waals surface area contributed by atoms with E-state index >= 15 is 0 Å². The summed E-state index contributed by atoms with van der Waals surface area (Å²) in [5.74, 6) is -0.370. The average molecular weight is 396 g/mol. The number of amides is 3. The Morgan fingerprint density at radius 2 is 1.31 bits per heavy atom. The monoisotopic (exact) mass is 396 g/mol. The average Bonchev–Trinajstić information content (AvgIpc) is 2.73. The second-order valence-corrected chi connectivity index (χ2v) is 6.74. The summed E-state index contributed by atoms with van der Waals surface area (Å²) in [5, 5.41) is 11.5. The molecule has 0 aliphatic rings. The fraction of sp³-hybridized carbons (Fsp3) is 0.318. The van der Waals surface area contributed by atoms with E-state index in [1.54, 1.807) is 55.5 Å². The summed E-state index contributed by atoms with van der Waals surface area (Å²) in [7, 11) is 0. The van der Waals surface area contributed by atoms with Crippen LogP contribution in [0.25, 0.3) is 0 Å². The summed E-state index contributed by atoms with van der Waals surface area (Å²) >= 11 is 0. The molecule has 0 heterocycles. The molecular formula is C22H28N4O3. The van der Waals surface area contributed by atoms with E-state index in [0.717, 1.165) is 12.1 Å². The first kappa shape index (κ1) is 21.9. The van der Waals surface area contributed by atoms with Crippen LogP contribution in [-0.2, 0) is 9.59 Å². The van der Waals surface area contributed by atoms with Crippen LogP contribution in [0, 0.1) is 0 Å². The zero-order valence-corrected chi connectivity index (χ0v) is 17.0. The number of carbonyl (C=O) groups is 3. The molecule has 0 bridgehead atoms. The highest BCUT2D eigenvalue weighted by atomic mass is 16.2. The van der Waals surface area contributed by atoms with E-state index in [9.17, 15) is 14.4 Å². The van der Waals surface area contributed by atoms with Crippen molar-refractivity contribution in [1.29, 1.82) is 0 Å². The maximum absolute atomic E-state index is 12.1. The molecule has 3 amide bonds. The third-order valence-electron chi connectivity index (χ3n) is 4.36. The van der Waals surface area contributed by atoms with E-state index in [-0.39, 0.29) is 30.3 Å². The molecule has 0 aliphatic heterocycles. The Hall–Kier alpha value is -3.35. The molecule has 0 saturated carbocycles. The molecule has 0 aliphatic carbocycles. The van der Waals surface area contributed by atoms with Crippen LogP contribution in [0.4, 0.5) is 17.1 Å². The van der Waals surface area contributed by atoms with Gasteiger partial charge < -0.3 is 21.3 Å². The van der Waals surface area contributed by atoms with Gasteiger partial charge in [-0.2, -0.15) is 0 Å². The van der Waals surface area contributed by atoms with Crippen molar-refractivity contribution in [2.45, 2.75) is 39.7 Å². The molecule has 2 aromatic rings. The van der Waals surface area contributed by atoms with E-state index in [1.165, 1.54) is 0 Å². The molecule has 29 heavy (non-hydrogen) atoms. The second kappa shape index (κ2) is 10.8. The summed E-state index contributed by atoms with van der Waals surface area (Å²) < 4.78 is 0. The first-order chi connectivity index (χ1) is 13.9. The topological polar surface area (TPSA) is 99.3 Å². The molecule has 154 valence electrons. The van der Waals surface area contributed by atoms with Gasteiger partial charge in [0.25, 0.3) is 5.91 Å². The highest BCUT2D eigenvalue weighted by Gasteiger charge is 2.09. The maximum atomic E-state index is 12.1. The number of nitrogens with one attached hydrogen (secondary N) is 4. The molecule has 1 unspecified atom stereocenters. The number of hydrogen-bond donors (Lipinski definition) is 4. The van der Waals surface area contributed by atoms with Crippen LogP contribution >= 0.6 is 0 Å². The molecule has 0 radical (unpaired) electrons. The van der Waals surface area contributed by atoms with Crippen LogP contribution in [0.1, 0.15) is 44.0 Å². The third kappa shape index (κ3) is 7.29. The van der Waals surface area contributed by atoms with Crippen molar-refractivity contribution in [2.24, 2.45) is 0 Å². The van der Waals surface area contributed by atoms with Crippen LogP contribution in [0.5, 0.6) is 0 Å². The van der Waals surface area contributed by atoms with Gasteiger partial charge in [0, 0.05) is 35.1 Å². The SMILES string of the molecule is CCC(=O)Nc1ccc(NC(=O)CNc2ccc(C(=O)NC(C)CC)cc2)cc1. The highest BCUT2D eigenvalue weighted by molar-refractivity contribution is 5.96. The smallest absolute Gasteiger partial charge is 0.251 e. The zero-order valence-electron chi connectivity index (χ0n) is 17.0. The standard InChI is InChI=1S/C22H28N4O3/c1-4-15(3)24-22(29)16-6-8-17(9-7-16)23-14-21(28)26-19-12-10-18(11-13-19)25-20(27)5-2/h6-13,15,23H,4-5,14H2,1-3H3,(H,24,29)(H,25,27)(H,26,28). The minimum absolute atomic E-state index is 0.0608. The fourth-order valence-electron chi connectivity index (χ4n) is 2.42. The molecular weight excluding hydrogens is 368 g/mol. The summed E-state index contributed by atoms with van der Waals surface area (Å²) in [4.78, 5) is 35.6. The van der Waals surface area contributed by atoms with Gasteiger partial charge in [0.05, 0.1) is 6.54 Å². The first-order valence-corrected chi connectivity index (χ1v) is 9.75. The largest absolute Gasteiger partial charge is 0.376 e. The van der Waals surface area contributed by atoms with Crippen LogP contribution < -0.4 is 21.3 Å². The number of hydrogen-bond acceptors (Lipinski definition) is 4. The maximum Gasteiger partial charge on any atom is 0.251 e. The zero-order chi connectivity index (χ0) is 21.2. The predicted octanol–water partition coefficient (Wildman–Crippen LogP) is 3.61. The van der Waals surface area contributed by atoms with Gasteiger partial charge in [-0.05, 0) is 61.9 Å². The molecule has 7 nitrogen and oxygen atoms in total. The molecule has 7 heteroatoms. The molecule has 1 atom stereocenters. The number of rotatable bonds is 9. The van der Waals surface area contributed by atoms with Gasteiger partial charge in [-0.1, -0.05) is 13.8 Å². The Kier molecular flexibility index (Phi) is 8.21. The summed E-state index contributed by atoms with van der Waals surface area (Å²) in [6.07, 6.45) is 1.28. The number of anilines is 3. The number of benzene rings is 2. The number of carbonyl (C=O) groups excluding carboxylic acids is 3. The van der Waals surface area contributed by atoms with Gasteiger partial charge in [-0.3, -0.25) is 14.4 Å². The van der Waals surface area contributed by atoms with Gasteiger partial charge in [-0.15, -0.1) is 0 Å². The van der Waals surface area contributed by atoms with Crippen molar-refractivity contribution in [2.75, 3.05) is 22.5 Å². The third-order valence-corrected chi connectivity index (χ3v) is 4.36. The predicted molar refractivity (Wildman–Crippen MR) is 116 cm³/mol. The molecule has 0 fully saturated rings. The molecule has 4 N–H and O–H groups in total. The first-order valence-electron chi connectivity index (χ1n) is 9.75. The quantitative estimate of drug-likeness (QED) is 0.520. The van der Waals surface area contributed by atoms with Gasteiger partial charge in [0.2, 0.25) is 11.8 Å². The lowest BCUT2D eigenvalue weighted by Crippen LogP contribution is -2.31. The lowest BCUT2D eigenvalue weighted by atomic mass is 10.1. The fourth-order valence-corrected chi connectivity index (χ4v) is 2.42. The second-order valence-electron chi connectivity index (χ2n) is 6.74. The van der Waals surface area contributed by atoms with Crippen LogP contribution in [0.2, 0.25) is 0 Å². The van der Waals surface area contributed by atoms with Crippen molar-refractivity contribution in [1.82, 2.24) is 5.32 Å². The highest BCUT2D eigenvalue weighted by Crippen LogP contribution is 2.14. The lowest BCUT2D eigenvalue weighted by molar-refractivity contribution is -0.116. The normalized spacial score (nSPS) is 11.3. The van der Waals surface area contributed by atoms with Crippen LogP contribution in [0.3, 0.4) is 0 Å². The van der Waals surface area contributed by atoms with Gasteiger partial charge >= 0.3 is 0 Å². The van der Waals surface area contributed by atoms with E-state index in [2.05, 4.69) is 21.3 Å². The van der Waals surface area contributed by atoms with Crippen molar-refractivity contribution in [3.63, 3.8) is 0 Å². The summed E-state index contributed by atoms with van der Waals surface area (Å²) in [6.45, 7) is 5.85. The van der Waals surface area contributed by atoms with Crippen molar-refractivity contribution >= 4 is 34.8 Å². The van der Waals surface area contributed by atoms with E-state index < -0.39 is 0 Å². The Balaban J connectivity index is 1.81. The molecule has 0 aromatic heterocycles. The minimum Gasteiger partial charge on any atom is -0.376 e. The minimum atomic E-state index is -0.200. The van der Waals surface area contributed by atoms with Crippen molar-refractivity contribution in [3.8, 4) is 0 Å². The molecule has 2 rings (SSSR count). The molecule has 0 spiro atoms. The summed E-state index contributed by atoms with van der Waals surface area (Å²) in [6, 6.07) is 14.0. The Morgan fingerprint density at radius 3 is 1.83 bits per heavy atom. The van der Waals surface area contributed by atoms with E-state index in [1.807, 2.05) is 13.8 Å². The van der Waals surface area contributed by atoms with Crippen molar-refractivity contribution in [3.05, 3.63) is 54.1 Å². The molecule has 2 aromatic carbocycles. The van der Waals surface area contributed by atoms with Crippen LogP contribution in [0.15, 0.2) is 48.5 Å². The Labute approximate surface area is 171 Å². The van der Waals surface area contributed by atoms with E-state index in [0.29, 0.717) is 23.4 Å². The molecule has 0 saturated heterocycles. The lowest BCUT2D eigenvalue weighted by Gasteiger charge is -2.12. The van der Waals surface area contributed by atoms with Gasteiger partial charge in [0.1, 0.15) is 0 Å². The van der Waals surface area contributed by atoms with Gasteiger partial charge in [-0.25, -0.2) is 0 Å². The Morgan fingerprint density at radius 1 is 0.793 bits per heavy atom. The Bertz CT molecular complexity index is 832. The van der Waals surface area contributed by atoms with Crippen LogP contribution in [-0.4, -0.2) is 30.3 Å². The van der Waals surface area contributed by atoms with E-state index in [4.69, 9.17) is 0 Å². The summed E-state index contributed by atoms with van der Waals surface area (Å²) in [5.41, 5.74) is 2.65. The van der Waals surface area contributed by atoms with Gasteiger partial charge in [0.15, 0.2) is 0 Å².